The lowest BCUT2D eigenvalue weighted by Gasteiger charge is -2.14. The van der Waals surface area contributed by atoms with E-state index in [0.29, 0.717) is 5.56 Å². The van der Waals surface area contributed by atoms with E-state index in [4.69, 9.17) is 0 Å². The standard InChI is InChI=1S/C15H13F4N/c1-9(11-3-2-4-12(16)7-11)20-8-10-5-13(17)15(19)14(18)6-10/h2-7,9,20H,8H2,1H3. The van der Waals surface area contributed by atoms with Crippen molar-refractivity contribution in [2.45, 2.75) is 19.5 Å². The fourth-order valence-electron chi connectivity index (χ4n) is 1.87. The van der Waals surface area contributed by atoms with Crippen LogP contribution in [0.4, 0.5) is 17.6 Å². The van der Waals surface area contributed by atoms with Gasteiger partial charge in [-0.25, -0.2) is 17.6 Å². The van der Waals surface area contributed by atoms with Gasteiger partial charge in [0.05, 0.1) is 0 Å². The van der Waals surface area contributed by atoms with Crippen molar-refractivity contribution in [3.05, 3.63) is 70.8 Å². The van der Waals surface area contributed by atoms with E-state index in [0.717, 1.165) is 12.1 Å². The summed E-state index contributed by atoms with van der Waals surface area (Å²) in [6.07, 6.45) is 0. The first-order valence-corrected chi connectivity index (χ1v) is 6.09. The Balaban J connectivity index is 2.05. The molecule has 0 saturated heterocycles. The fourth-order valence-corrected chi connectivity index (χ4v) is 1.87. The molecule has 2 aromatic rings. The number of hydrogen-bond acceptors (Lipinski definition) is 1. The maximum Gasteiger partial charge on any atom is 0.194 e. The summed E-state index contributed by atoms with van der Waals surface area (Å²) in [6.45, 7) is 1.94. The van der Waals surface area contributed by atoms with Crippen LogP contribution in [0.25, 0.3) is 0 Å². The van der Waals surface area contributed by atoms with Crippen LogP contribution in [0.3, 0.4) is 0 Å². The van der Waals surface area contributed by atoms with Crippen molar-refractivity contribution in [1.29, 1.82) is 0 Å². The smallest absolute Gasteiger partial charge is 0.194 e. The van der Waals surface area contributed by atoms with Gasteiger partial charge in [0.25, 0.3) is 0 Å². The van der Waals surface area contributed by atoms with Crippen LogP contribution in [0, 0.1) is 23.3 Å². The molecule has 5 heteroatoms. The third-order valence-electron chi connectivity index (χ3n) is 3.00. The Kier molecular flexibility index (Phi) is 4.39. The van der Waals surface area contributed by atoms with Gasteiger partial charge in [0.15, 0.2) is 17.5 Å². The molecule has 0 aliphatic heterocycles. The highest BCUT2D eigenvalue weighted by Crippen LogP contribution is 2.16. The van der Waals surface area contributed by atoms with Gasteiger partial charge < -0.3 is 5.32 Å². The van der Waals surface area contributed by atoms with E-state index in [-0.39, 0.29) is 24.0 Å². The summed E-state index contributed by atoms with van der Waals surface area (Å²) in [5, 5.41) is 2.99. The van der Waals surface area contributed by atoms with Gasteiger partial charge in [-0.1, -0.05) is 12.1 Å². The number of nitrogens with one attached hydrogen (secondary N) is 1. The topological polar surface area (TPSA) is 12.0 Å². The molecule has 106 valence electrons. The van der Waals surface area contributed by atoms with Crippen molar-refractivity contribution < 1.29 is 17.6 Å². The lowest BCUT2D eigenvalue weighted by Crippen LogP contribution is -2.18. The van der Waals surface area contributed by atoms with Crippen molar-refractivity contribution in [3.63, 3.8) is 0 Å². The molecule has 1 nitrogen and oxygen atoms in total. The number of rotatable bonds is 4. The molecule has 0 spiro atoms. The number of hydrogen-bond donors (Lipinski definition) is 1. The van der Waals surface area contributed by atoms with E-state index in [9.17, 15) is 17.6 Å². The lowest BCUT2D eigenvalue weighted by atomic mass is 10.1. The van der Waals surface area contributed by atoms with Crippen LogP contribution in [0.5, 0.6) is 0 Å². The molecular weight excluding hydrogens is 270 g/mol. The average molecular weight is 283 g/mol. The van der Waals surface area contributed by atoms with Crippen LogP contribution in [0.1, 0.15) is 24.1 Å². The highest BCUT2D eigenvalue weighted by atomic mass is 19.2. The molecule has 1 N–H and O–H groups in total. The van der Waals surface area contributed by atoms with Crippen molar-refractivity contribution >= 4 is 0 Å². The molecule has 2 aromatic carbocycles. The van der Waals surface area contributed by atoms with E-state index in [1.807, 2.05) is 0 Å². The monoisotopic (exact) mass is 283 g/mol. The predicted octanol–water partition coefficient (Wildman–Crippen LogP) is 4.09. The lowest BCUT2D eigenvalue weighted by molar-refractivity contribution is 0.443. The van der Waals surface area contributed by atoms with Gasteiger partial charge in [0.2, 0.25) is 0 Å². The highest BCUT2D eigenvalue weighted by molar-refractivity contribution is 5.22. The van der Waals surface area contributed by atoms with Crippen molar-refractivity contribution in [2.24, 2.45) is 0 Å². The van der Waals surface area contributed by atoms with E-state index in [1.54, 1.807) is 19.1 Å². The van der Waals surface area contributed by atoms with E-state index in [2.05, 4.69) is 5.32 Å². The average Bonchev–Trinajstić information content (AvgIpc) is 2.42. The molecule has 2 rings (SSSR count). The Hall–Kier alpha value is -1.88. The van der Waals surface area contributed by atoms with Gasteiger partial charge in [-0.15, -0.1) is 0 Å². The number of benzene rings is 2. The van der Waals surface area contributed by atoms with Gasteiger partial charge in [0.1, 0.15) is 5.82 Å². The minimum atomic E-state index is -1.48. The SMILES string of the molecule is CC(NCc1cc(F)c(F)c(F)c1)c1cccc(F)c1. The van der Waals surface area contributed by atoms with E-state index >= 15 is 0 Å². The van der Waals surface area contributed by atoms with Gasteiger partial charge >= 0.3 is 0 Å². The minimum Gasteiger partial charge on any atom is -0.306 e. The molecule has 0 bridgehead atoms. The first-order valence-electron chi connectivity index (χ1n) is 6.09. The Morgan fingerprint density at radius 1 is 1.00 bits per heavy atom. The molecular formula is C15H13F4N. The molecule has 0 radical (unpaired) electrons. The summed E-state index contributed by atoms with van der Waals surface area (Å²) in [5.41, 5.74) is 0.998. The normalized spacial score (nSPS) is 12.4. The van der Waals surface area contributed by atoms with Crippen LogP contribution >= 0.6 is 0 Å². The third-order valence-corrected chi connectivity index (χ3v) is 3.00. The molecule has 0 aromatic heterocycles. The molecule has 1 unspecified atom stereocenters. The van der Waals surface area contributed by atoms with Crippen LogP contribution in [-0.4, -0.2) is 0 Å². The van der Waals surface area contributed by atoms with E-state index in [1.165, 1.54) is 12.1 Å². The fraction of sp³-hybridized carbons (Fsp3) is 0.200. The Morgan fingerprint density at radius 3 is 2.25 bits per heavy atom. The molecule has 0 fully saturated rings. The van der Waals surface area contributed by atoms with Crippen LogP contribution in [-0.2, 0) is 6.54 Å². The summed E-state index contributed by atoms with van der Waals surface area (Å²) < 4.78 is 52.0. The summed E-state index contributed by atoms with van der Waals surface area (Å²) in [6, 6.07) is 7.70. The molecule has 0 aliphatic rings. The third kappa shape index (κ3) is 3.36. The predicted molar refractivity (Wildman–Crippen MR) is 68.0 cm³/mol. The zero-order valence-electron chi connectivity index (χ0n) is 10.8. The second-order valence-electron chi connectivity index (χ2n) is 4.53. The highest BCUT2D eigenvalue weighted by Gasteiger charge is 2.11. The Morgan fingerprint density at radius 2 is 1.65 bits per heavy atom. The Bertz CT molecular complexity index is 590. The first-order chi connectivity index (χ1) is 9.47. The maximum absolute atomic E-state index is 13.1. The zero-order valence-corrected chi connectivity index (χ0v) is 10.8. The summed E-state index contributed by atoms with van der Waals surface area (Å²) in [4.78, 5) is 0. The summed E-state index contributed by atoms with van der Waals surface area (Å²) in [5.74, 6) is -4.28. The van der Waals surface area contributed by atoms with Gasteiger partial charge in [-0.3, -0.25) is 0 Å². The molecule has 0 amide bonds. The molecule has 0 aliphatic carbocycles. The van der Waals surface area contributed by atoms with Crippen LogP contribution in [0.2, 0.25) is 0 Å². The van der Waals surface area contributed by atoms with Crippen molar-refractivity contribution in [1.82, 2.24) is 5.32 Å². The number of halogens is 4. The largest absolute Gasteiger partial charge is 0.306 e. The van der Waals surface area contributed by atoms with Gasteiger partial charge in [-0.2, -0.15) is 0 Å². The van der Waals surface area contributed by atoms with E-state index < -0.39 is 17.5 Å². The summed E-state index contributed by atoms with van der Waals surface area (Å²) >= 11 is 0. The molecule has 0 saturated carbocycles. The molecule has 0 heterocycles. The van der Waals surface area contributed by atoms with Crippen LogP contribution in [0.15, 0.2) is 36.4 Å². The zero-order chi connectivity index (χ0) is 14.7. The maximum atomic E-state index is 13.1. The minimum absolute atomic E-state index is 0.145. The second kappa shape index (κ2) is 6.05. The van der Waals surface area contributed by atoms with Crippen molar-refractivity contribution in [2.75, 3.05) is 0 Å². The van der Waals surface area contributed by atoms with Gasteiger partial charge in [-0.05, 0) is 42.3 Å². The Labute approximate surface area is 114 Å². The molecule has 20 heavy (non-hydrogen) atoms. The molecule has 1 atom stereocenters. The summed E-state index contributed by atoms with van der Waals surface area (Å²) in [7, 11) is 0. The van der Waals surface area contributed by atoms with Crippen LogP contribution < -0.4 is 5.32 Å². The quantitative estimate of drug-likeness (QED) is 0.658. The van der Waals surface area contributed by atoms with Gasteiger partial charge in [0, 0.05) is 12.6 Å². The second-order valence-corrected chi connectivity index (χ2v) is 4.53. The first kappa shape index (κ1) is 14.5. The van der Waals surface area contributed by atoms with Crippen molar-refractivity contribution in [3.8, 4) is 0 Å².